The van der Waals surface area contributed by atoms with Crippen LogP contribution in [0.1, 0.15) is 97.0 Å². The summed E-state index contributed by atoms with van der Waals surface area (Å²) >= 11 is 6.73. The molecular weight excluding hydrogens is 758 g/mol. The van der Waals surface area contributed by atoms with E-state index in [1.807, 2.05) is 40.7 Å². The van der Waals surface area contributed by atoms with Crippen molar-refractivity contribution in [3.63, 3.8) is 0 Å². The number of hydrogen-bond acceptors (Lipinski definition) is 12. The van der Waals surface area contributed by atoms with Crippen LogP contribution < -0.4 is 9.80 Å². The molecule has 0 aromatic carbocycles. The van der Waals surface area contributed by atoms with Gasteiger partial charge in [-0.1, -0.05) is 6.08 Å². The highest BCUT2D eigenvalue weighted by molar-refractivity contribution is 9.11. The SMILES string of the molecule is CCN(c1sc(Br)c(C(=O)OC)c1C)C1CCOCC1.CCN(c1sc(C2=CCN(C(=O)OC(C)(C)C)C2)c(C(=O)OC)c1C)C1CCOCC1. The highest BCUT2D eigenvalue weighted by Crippen LogP contribution is 2.43. The van der Waals surface area contributed by atoms with Crippen LogP contribution in [-0.4, -0.2) is 107 Å². The van der Waals surface area contributed by atoms with E-state index in [2.05, 4.69) is 39.6 Å². The maximum atomic E-state index is 12.7. The van der Waals surface area contributed by atoms with Gasteiger partial charge in [0, 0.05) is 63.0 Å². The molecule has 0 atom stereocenters. The lowest BCUT2D eigenvalue weighted by atomic mass is 10.0. The van der Waals surface area contributed by atoms with E-state index >= 15 is 0 Å². The first kappa shape index (κ1) is 41.1. The molecule has 2 aromatic rings. The number of nitrogens with zero attached hydrogens (tertiary/aromatic N) is 3. The van der Waals surface area contributed by atoms with Gasteiger partial charge >= 0.3 is 18.0 Å². The van der Waals surface area contributed by atoms with Gasteiger partial charge in [-0.05, 0) is 107 Å². The topological polar surface area (TPSA) is 107 Å². The number of ether oxygens (including phenoxy) is 5. The van der Waals surface area contributed by atoms with Gasteiger partial charge < -0.3 is 38.4 Å². The molecule has 51 heavy (non-hydrogen) atoms. The Morgan fingerprint density at radius 3 is 1.78 bits per heavy atom. The smallest absolute Gasteiger partial charge is 0.410 e. The van der Waals surface area contributed by atoms with Crippen molar-refractivity contribution in [1.29, 1.82) is 0 Å². The number of hydrogen-bond donors (Lipinski definition) is 0. The fourth-order valence-corrected chi connectivity index (χ4v) is 10.3. The number of halogens is 1. The lowest BCUT2D eigenvalue weighted by Gasteiger charge is -2.34. The van der Waals surface area contributed by atoms with E-state index in [0.29, 0.717) is 36.3 Å². The Balaban J connectivity index is 0.000000251. The molecule has 5 heterocycles. The summed E-state index contributed by atoms with van der Waals surface area (Å²) in [5.41, 5.74) is 3.62. The molecular formula is C37H54BrN3O8S2. The fourth-order valence-electron chi connectivity index (χ4n) is 6.74. The summed E-state index contributed by atoms with van der Waals surface area (Å²) in [6.07, 6.45) is 5.69. The number of esters is 2. The molecule has 284 valence electrons. The van der Waals surface area contributed by atoms with E-state index in [9.17, 15) is 14.4 Å². The molecule has 0 radical (unpaired) electrons. The molecule has 0 unspecified atom stereocenters. The van der Waals surface area contributed by atoms with Crippen molar-refractivity contribution in [2.45, 2.75) is 91.8 Å². The lowest BCUT2D eigenvalue weighted by Crippen LogP contribution is -2.39. The van der Waals surface area contributed by atoms with E-state index in [1.165, 1.54) is 14.2 Å². The third-order valence-electron chi connectivity index (χ3n) is 9.31. The zero-order valence-corrected chi connectivity index (χ0v) is 34.7. The second-order valence-corrected chi connectivity index (χ2v) is 17.1. The third-order valence-corrected chi connectivity index (χ3v) is 12.7. The van der Waals surface area contributed by atoms with Crippen LogP contribution in [0.15, 0.2) is 9.86 Å². The third kappa shape index (κ3) is 9.87. The van der Waals surface area contributed by atoms with Crippen molar-refractivity contribution in [2.75, 3.05) is 76.6 Å². The molecule has 5 rings (SSSR count). The van der Waals surface area contributed by atoms with E-state index in [1.54, 1.807) is 27.6 Å². The first-order chi connectivity index (χ1) is 24.3. The van der Waals surface area contributed by atoms with Crippen molar-refractivity contribution < 1.29 is 38.1 Å². The Bertz CT molecular complexity index is 1550. The minimum atomic E-state index is -0.547. The van der Waals surface area contributed by atoms with Crippen LogP contribution in [0.2, 0.25) is 0 Å². The molecule has 0 aliphatic carbocycles. The predicted molar refractivity (Wildman–Crippen MR) is 208 cm³/mol. The highest BCUT2D eigenvalue weighted by Gasteiger charge is 2.33. The fraction of sp³-hybridized carbons (Fsp3) is 0.649. The number of methoxy groups -OCH3 is 2. The Kier molecular flexibility index (Phi) is 14.8. The highest BCUT2D eigenvalue weighted by atomic mass is 79.9. The van der Waals surface area contributed by atoms with Gasteiger partial charge in [-0.25, -0.2) is 14.4 Å². The van der Waals surface area contributed by atoms with Crippen LogP contribution in [0.3, 0.4) is 0 Å². The summed E-state index contributed by atoms with van der Waals surface area (Å²) in [6, 6.07) is 0.883. The second-order valence-electron chi connectivity index (χ2n) is 13.7. The van der Waals surface area contributed by atoms with Gasteiger partial charge in [0.05, 0.1) is 45.7 Å². The van der Waals surface area contributed by atoms with Gasteiger partial charge in [0.25, 0.3) is 0 Å². The number of amides is 1. The number of carbonyl (C=O) groups excluding carboxylic acids is 3. The summed E-state index contributed by atoms with van der Waals surface area (Å²) in [6.45, 7) is 19.7. The molecule has 0 saturated carbocycles. The van der Waals surface area contributed by atoms with Crippen molar-refractivity contribution in [3.8, 4) is 0 Å². The molecule has 0 spiro atoms. The second kappa shape index (κ2) is 18.4. The summed E-state index contributed by atoms with van der Waals surface area (Å²) in [4.78, 5) is 44.4. The first-order valence-corrected chi connectivity index (χ1v) is 20.1. The first-order valence-electron chi connectivity index (χ1n) is 17.7. The van der Waals surface area contributed by atoms with Crippen LogP contribution in [0, 0.1) is 13.8 Å². The summed E-state index contributed by atoms with van der Waals surface area (Å²) in [5, 5.41) is 2.26. The van der Waals surface area contributed by atoms with E-state index < -0.39 is 5.60 Å². The van der Waals surface area contributed by atoms with Crippen LogP contribution in [0.5, 0.6) is 0 Å². The van der Waals surface area contributed by atoms with E-state index in [0.717, 1.165) is 101 Å². The zero-order chi connectivity index (χ0) is 37.5. The zero-order valence-electron chi connectivity index (χ0n) is 31.5. The summed E-state index contributed by atoms with van der Waals surface area (Å²) < 4.78 is 27.3. The quantitative estimate of drug-likeness (QED) is 0.182. The van der Waals surface area contributed by atoms with Gasteiger partial charge in [0.2, 0.25) is 0 Å². The Hall–Kier alpha value is -2.65. The normalized spacial score (nSPS) is 17.0. The standard InChI is InChI=1S/C23H34N2O5S.C14H20BrNO3S/c1-7-25(17-9-12-29-13-10-17)20-15(2)18(21(26)28-6)19(31-20)16-8-11-24(14-16)22(27)30-23(3,4)5;1-4-16(10-5-7-19-8-6-10)13-9(2)11(12(15)20-13)14(17)18-3/h8,17H,7,9-14H2,1-6H3;10H,4-8H2,1-3H3. The number of anilines is 2. The average Bonchev–Trinajstić information content (AvgIpc) is 3.81. The molecule has 0 bridgehead atoms. The van der Waals surface area contributed by atoms with Crippen LogP contribution in [0.4, 0.5) is 14.8 Å². The van der Waals surface area contributed by atoms with Crippen LogP contribution >= 0.6 is 38.6 Å². The number of thiophene rings is 2. The minimum Gasteiger partial charge on any atom is -0.465 e. The molecule has 2 saturated heterocycles. The van der Waals surface area contributed by atoms with Crippen LogP contribution in [0.25, 0.3) is 5.57 Å². The van der Waals surface area contributed by atoms with E-state index in [-0.39, 0.29) is 18.0 Å². The molecule has 1 amide bonds. The van der Waals surface area contributed by atoms with Gasteiger partial charge in [-0.2, -0.15) is 0 Å². The van der Waals surface area contributed by atoms with Crippen molar-refractivity contribution in [3.05, 3.63) is 37.0 Å². The molecule has 11 nitrogen and oxygen atoms in total. The molecule has 2 aromatic heterocycles. The Morgan fingerprint density at radius 2 is 1.31 bits per heavy atom. The van der Waals surface area contributed by atoms with Crippen molar-refractivity contribution in [1.82, 2.24) is 4.90 Å². The van der Waals surface area contributed by atoms with Gasteiger partial charge in [0.15, 0.2) is 0 Å². The number of rotatable bonds is 9. The number of carbonyl (C=O) groups is 3. The minimum absolute atomic E-state index is 0.278. The molecule has 3 aliphatic heterocycles. The largest absolute Gasteiger partial charge is 0.465 e. The lowest BCUT2D eigenvalue weighted by molar-refractivity contribution is 0.0306. The summed E-state index contributed by atoms with van der Waals surface area (Å²) in [5.74, 6) is -0.616. The molecule has 14 heteroatoms. The Morgan fingerprint density at radius 1 is 0.843 bits per heavy atom. The van der Waals surface area contributed by atoms with Gasteiger partial charge in [0.1, 0.15) is 5.60 Å². The predicted octanol–water partition coefficient (Wildman–Crippen LogP) is 8.09. The maximum Gasteiger partial charge on any atom is 0.410 e. The van der Waals surface area contributed by atoms with Crippen molar-refractivity contribution in [2.24, 2.45) is 0 Å². The summed E-state index contributed by atoms with van der Waals surface area (Å²) in [7, 11) is 2.83. The maximum absolute atomic E-state index is 12.7. The molecule has 2 fully saturated rings. The Labute approximate surface area is 319 Å². The molecule has 3 aliphatic rings. The van der Waals surface area contributed by atoms with Crippen molar-refractivity contribution >= 4 is 72.2 Å². The monoisotopic (exact) mass is 811 g/mol. The molecule has 0 N–H and O–H groups in total. The van der Waals surface area contributed by atoms with Gasteiger partial charge in [-0.3, -0.25) is 0 Å². The van der Waals surface area contributed by atoms with E-state index in [4.69, 9.17) is 23.7 Å². The van der Waals surface area contributed by atoms with Crippen LogP contribution in [-0.2, 0) is 23.7 Å². The van der Waals surface area contributed by atoms with Gasteiger partial charge in [-0.15, -0.1) is 22.7 Å². The average molecular weight is 813 g/mol.